The Bertz CT molecular complexity index is 951. The smallest absolute Gasteiger partial charge is 0.358 e. The molecular weight excluding hydrogens is 358 g/mol. The number of methoxy groups -OCH3 is 1. The molecule has 2 aliphatic carbocycles. The number of esters is 1. The van der Waals surface area contributed by atoms with Crippen molar-refractivity contribution in [2.75, 3.05) is 19.0 Å². The van der Waals surface area contributed by atoms with Crippen LogP contribution in [0.25, 0.3) is 0 Å². The number of carbonyl (C=O) groups excluding carboxylic acids is 1. The van der Waals surface area contributed by atoms with E-state index in [2.05, 4.69) is 21.5 Å². The van der Waals surface area contributed by atoms with Crippen LogP contribution in [0, 0.1) is 0 Å². The third-order valence-corrected chi connectivity index (χ3v) is 6.04. The number of hydrogen-bond donors (Lipinski definition) is 1. The van der Waals surface area contributed by atoms with Crippen LogP contribution in [0.3, 0.4) is 0 Å². The van der Waals surface area contributed by atoms with Crippen LogP contribution < -0.4 is 5.32 Å². The molecule has 28 heavy (non-hydrogen) atoms. The van der Waals surface area contributed by atoms with Gasteiger partial charge in [0.05, 0.1) is 7.11 Å². The summed E-state index contributed by atoms with van der Waals surface area (Å²) >= 11 is 0. The van der Waals surface area contributed by atoms with Crippen molar-refractivity contribution in [2.45, 2.75) is 50.5 Å². The van der Waals surface area contributed by atoms with Crippen LogP contribution in [0.2, 0.25) is 0 Å². The first kappa shape index (κ1) is 17.3. The third-order valence-electron chi connectivity index (χ3n) is 6.04. The highest BCUT2D eigenvalue weighted by Gasteiger charge is 2.51. The quantitative estimate of drug-likeness (QED) is 0.823. The summed E-state index contributed by atoms with van der Waals surface area (Å²) in [5.41, 5.74) is 5.69. The van der Waals surface area contributed by atoms with Crippen molar-refractivity contribution in [3.8, 4) is 0 Å². The molecule has 1 aromatic heterocycles. The minimum atomic E-state index is -1.40. The van der Waals surface area contributed by atoms with Crippen molar-refractivity contribution in [1.82, 2.24) is 5.16 Å². The predicted octanol–water partition coefficient (Wildman–Crippen LogP) is 2.91. The van der Waals surface area contributed by atoms with E-state index >= 15 is 0 Å². The van der Waals surface area contributed by atoms with Crippen LogP contribution in [0.1, 0.15) is 47.2 Å². The maximum absolute atomic E-state index is 12.5. The second-order valence-corrected chi connectivity index (χ2v) is 7.64. The number of amidine groups is 1. The van der Waals surface area contributed by atoms with Crippen LogP contribution in [0.15, 0.2) is 27.9 Å². The van der Waals surface area contributed by atoms with E-state index in [4.69, 9.17) is 14.0 Å². The maximum atomic E-state index is 12.5. The van der Waals surface area contributed by atoms with E-state index in [1.807, 2.05) is 0 Å². The van der Waals surface area contributed by atoms with Gasteiger partial charge in [0.15, 0.2) is 0 Å². The number of anilines is 1. The number of aromatic nitrogens is 1. The highest BCUT2D eigenvalue weighted by molar-refractivity contribution is 5.96. The lowest BCUT2D eigenvalue weighted by atomic mass is 9.87. The van der Waals surface area contributed by atoms with Gasteiger partial charge in [0.2, 0.25) is 0 Å². The van der Waals surface area contributed by atoms with Crippen LogP contribution >= 0.6 is 0 Å². The Morgan fingerprint density at radius 3 is 2.64 bits per heavy atom. The Morgan fingerprint density at radius 2 is 1.89 bits per heavy atom. The van der Waals surface area contributed by atoms with Gasteiger partial charge < -0.3 is 19.3 Å². The summed E-state index contributed by atoms with van der Waals surface area (Å²) in [4.78, 5) is 17.0. The number of fused-ring (bicyclic) bond motifs is 2. The lowest BCUT2D eigenvalue weighted by Gasteiger charge is -2.25. The lowest BCUT2D eigenvalue weighted by Crippen LogP contribution is -2.41. The average molecular weight is 381 g/mol. The second kappa shape index (κ2) is 6.65. The van der Waals surface area contributed by atoms with E-state index in [0.29, 0.717) is 11.7 Å². The standard InChI is InChI=1S/C21H23N3O4/c1-26-19(25)21(17-9-10-27-24-17)12-22-20(28-21)23-18-15-7-3-2-5-13(15)11-14-6-4-8-16(14)18/h9-11H,2-8,12H2,1H3,(H,22,23). The van der Waals surface area contributed by atoms with Gasteiger partial charge in [0.25, 0.3) is 11.6 Å². The molecule has 1 aromatic carbocycles. The number of ether oxygens (including phenoxy) is 2. The summed E-state index contributed by atoms with van der Waals surface area (Å²) in [5.74, 6) is -0.540. The molecule has 1 aliphatic heterocycles. The van der Waals surface area contributed by atoms with E-state index in [1.165, 1.54) is 54.9 Å². The Labute approximate surface area is 163 Å². The van der Waals surface area contributed by atoms with Gasteiger partial charge in [0.1, 0.15) is 18.5 Å². The summed E-state index contributed by atoms with van der Waals surface area (Å²) in [6, 6.07) is 4.34. The van der Waals surface area contributed by atoms with Crippen molar-refractivity contribution in [2.24, 2.45) is 4.99 Å². The van der Waals surface area contributed by atoms with Gasteiger partial charge in [-0.3, -0.25) is 0 Å². The fraction of sp³-hybridized carbons (Fsp3) is 0.476. The largest absolute Gasteiger partial charge is 0.466 e. The summed E-state index contributed by atoms with van der Waals surface area (Å²) in [6.07, 6.45) is 9.37. The summed E-state index contributed by atoms with van der Waals surface area (Å²) in [7, 11) is 1.33. The number of aryl methyl sites for hydroxylation is 2. The Kier molecular flexibility index (Phi) is 4.10. The number of hydrogen-bond acceptors (Lipinski definition) is 7. The second-order valence-electron chi connectivity index (χ2n) is 7.64. The molecule has 1 atom stereocenters. The molecule has 0 saturated carbocycles. The molecule has 0 saturated heterocycles. The maximum Gasteiger partial charge on any atom is 0.358 e. The van der Waals surface area contributed by atoms with Crippen molar-refractivity contribution in [3.05, 3.63) is 46.3 Å². The Hall–Kier alpha value is -2.83. The molecular formula is C21H23N3O4. The summed E-state index contributed by atoms with van der Waals surface area (Å²) in [5, 5.41) is 7.33. The minimum absolute atomic E-state index is 0.103. The number of nitrogens with zero attached hydrogens (tertiary/aromatic N) is 2. The van der Waals surface area contributed by atoms with Gasteiger partial charge in [-0.15, -0.1) is 0 Å². The first-order valence-corrected chi connectivity index (χ1v) is 9.87. The van der Waals surface area contributed by atoms with Crippen molar-refractivity contribution in [3.63, 3.8) is 0 Å². The lowest BCUT2D eigenvalue weighted by molar-refractivity contribution is -0.159. The first-order chi connectivity index (χ1) is 13.7. The van der Waals surface area contributed by atoms with E-state index in [-0.39, 0.29) is 6.54 Å². The molecule has 146 valence electrons. The molecule has 0 amide bonds. The van der Waals surface area contributed by atoms with E-state index in [9.17, 15) is 4.79 Å². The molecule has 1 unspecified atom stereocenters. The van der Waals surface area contributed by atoms with Crippen LogP contribution in [0.5, 0.6) is 0 Å². The van der Waals surface area contributed by atoms with Crippen molar-refractivity contribution < 1.29 is 18.8 Å². The molecule has 0 spiro atoms. The fourth-order valence-electron chi connectivity index (χ4n) is 4.64. The SMILES string of the molecule is COC(=O)C1(c2ccon2)CN=C(Nc2c3c(cc4c2CCC4)CCCC3)O1. The zero-order chi connectivity index (χ0) is 19.1. The molecule has 2 heterocycles. The van der Waals surface area contributed by atoms with Gasteiger partial charge >= 0.3 is 5.97 Å². The highest BCUT2D eigenvalue weighted by atomic mass is 16.6. The van der Waals surface area contributed by atoms with E-state index in [0.717, 1.165) is 31.4 Å². The zero-order valence-electron chi connectivity index (χ0n) is 15.9. The first-order valence-electron chi connectivity index (χ1n) is 9.87. The molecule has 0 fully saturated rings. The monoisotopic (exact) mass is 381 g/mol. The van der Waals surface area contributed by atoms with Gasteiger partial charge in [-0.25, -0.2) is 9.79 Å². The predicted molar refractivity (Wildman–Crippen MR) is 102 cm³/mol. The number of benzene rings is 1. The third kappa shape index (κ3) is 2.60. The van der Waals surface area contributed by atoms with Gasteiger partial charge in [0, 0.05) is 11.8 Å². The molecule has 7 nitrogen and oxygen atoms in total. The average Bonchev–Trinajstić information content (AvgIpc) is 3.47. The van der Waals surface area contributed by atoms with Crippen molar-refractivity contribution >= 4 is 17.7 Å². The fourth-order valence-corrected chi connectivity index (χ4v) is 4.64. The number of carbonyl (C=O) groups is 1. The summed E-state index contributed by atoms with van der Waals surface area (Å²) < 4.78 is 15.9. The normalized spacial score (nSPS) is 22.8. The molecule has 7 heteroatoms. The molecule has 1 N–H and O–H groups in total. The summed E-state index contributed by atoms with van der Waals surface area (Å²) in [6.45, 7) is 0.103. The van der Waals surface area contributed by atoms with Gasteiger partial charge in [-0.2, -0.15) is 0 Å². The van der Waals surface area contributed by atoms with Gasteiger partial charge in [-0.05, 0) is 67.2 Å². The molecule has 2 aromatic rings. The Balaban J connectivity index is 1.48. The molecule has 0 radical (unpaired) electrons. The topological polar surface area (TPSA) is 86.0 Å². The van der Waals surface area contributed by atoms with Crippen LogP contribution in [-0.2, 0) is 45.6 Å². The van der Waals surface area contributed by atoms with Crippen LogP contribution in [0.4, 0.5) is 5.69 Å². The van der Waals surface area contributed by atoms with E-state index in [1.54, 1.807) is 6.07 Å². The molecule has 0 bridgehead atoms. The highest BCUT2D eigenvalue weighted by Crippen LogP contribution is 2.39. The minimum Gasteiger partial charge on any atom is -0.466 e. The zero-order valence-corrected chi connectivity index (χ0v) is 15.9. The number of nitrogens with one attached hydrogen (secondary N) is 1. The van der Waals surface area contributed by atoms with Gasteiger partial charge in [-0.1, -0.05) is 11.2 Å². The Morgan fingerprint density at radius 1 is 1.14 bits per heavy atom. The number of rotatable bonds is 3. The van der Waals surface area contributed by atoms with Crippen molar-refractivity contribution in [1.29, 1.82) is 0 Å². The number of aliphatic imine (C=N–C) groups is 1. The van der Waals surface area contributed by atoms with E-state index < -0.39 is 11.6 Å². The molecule has 5 rings (SSSR count). The molecule has 3 aliphatic rings. The van der Waals surface area contributed by atoms with Crippen LogP contribution in [-0.4, -0.2) is 30.8 Å².